The van der Waals surface area contributed by atoms with Crippen molar-refractivity contribution in [1.82, 2.24) is 9.55 Å². The Morgan fingerprint density at radius 2 is 2.33 bits per heavy atom. The van der Waals surface area contributed by atoms with Gasteiger partial charge in [-0.2, -0.15) is 0 Å². The molecule has 7 heteroatoms. The van der Waals surface area contributed by atoms with E-state index in [9.17, 15) is 10.1 Å². The van der Waals surface area contributed by atoms with Crippen LogP contribution >= 0.6 is 0 Å². The average molecular weight is 212 g/mol. The van der Waals surface area contributed by atoms with Gasteiger partial charge >= 0.3 is 5.82 Å². The van der Waals surface area contributed by atoms with E-state index < -0.39 is 10.5 Å². The molecule has 0 bridgehead atoms. The van der Waals surface area contributed by atoms with Crippen molar-refractivity contribution in [3.63, 3.8) is 0 Å². The molecule has 7 nitrogen and oxygen atoms in total. The highest BCUT2D eigenvalue weighted by molar-refractivity contribution is 5.66. The smallest absolute Gasteiger partial charge is 0.384 e. The fourth-order valence-corrected chi connectivity index (χ4v) is 1.36. The van der Waals surface area contributed by atoms with Gasteiger partial charge in [0, 0.05) is 0 Å². The zero-order valence-electron chi connectivity index (χ0n) is 8.71. The van der Waals surface area contributed by atoms with Crippen LogP contribution in [0.5, 0.6) is 0 Å². The van der Waals surface area contributed by atoms with Gasteiger partial charge in [0.25, 0.3) is 0 Å². The molecule has 1 rings (SSSR count). The zero-order valence-corrected chi connectivity index (χ0v) is 8.71. The van der Waals surface area contributed by atoms with Crippen LogP contribution in [0.2, 0.25) is 0 Å². The fourth-order valence-electron chi connectivity index (χ4n) is 1.36. The molecule has 0 amide bonds. The van der Waals surface area contributed by atoms with Gasteiger partial charge < -0.3 is 15.3 Å². The molecule has 1 heterocycles. The molecule has 0 aromatic carbocycles. The van der Waals surface area contributed by atoms with Crippen LogP contribution in [0, 0.1) is 17.0 Å². The standard InChI is InChI=1S/C8H12N4O3/c1-6-7(12(14)15)9-5-11(6)8(2,3)4-10-13/h4-5,13H,1-3H3/b10-4+. The molecule has 1 aromatic heterocycles. The lowest BCUT2D eigenvalue weighted by Crippen LogP contribution is -2.28. The third-order valence-electron chi connectivity index (χ3n) is 2.15. The highest BCUT2D eigenvalue weighted by Crippen LogP contribution is 2.21. The van der Waals surface area contributed by atoms with E-state index in [0.29, 0.717) is 5.69 Å². The van der Waals surface area contributed by atoms with Crippen LogP contribution in [-0.4, -0.2) is 25.9 Å². The number of hydrogen-bond donors (Lipinski definition) is 1. The summed E-state index contributed by atoms with van der Waals surface area (Å²) in [5, 5.41) is 22.0. The maximum absolute atomic E-state index is 10.6. The van der Waals surface area contributed by atoms with Gasteiger partial charge in [0.2, 0.25) is 6.33 Å². The minimum Gasteiger partial charge on any atom is -0.411 e. The van der Waals surface area contributed by atoms with Crippen LogP contribution in [0.15, 0.2) is 11.5 Å². The normalized spacial score (nSPS) is 12.2. The van der Waals surface area contributed by atoms with Crippen molar-refractivity contribution in [1.29, 1.82) is 0 Å². The summed E-state index contributed by atoms with van der Waals surface area (Å²) in [6.45, 7) is 5.11. The van der Waals surface area contributed by atoms with Gasteiger partial charge in [-0.25, -0.2) is 0 Å². The predicted octanol–water partition coefficient (Wildman–Crippen LogP) is 1.29. The Morgan fingerprint density at radius 3 is 2.73 bits per heavy atom. The first-order valence-corrected chi connectivity index (χ1v) is 4.27. The maximum Gasteiger partial charge on any atom is 0.384 e. The van der Waals surface area contributed by atoms with E-state index in [1.165, 1.54) is 12.5 Å². The van der Waals surface area contributed by atoms with E-state index in [-0.39, 0.29) is 5.82 Å². The third-order valence-corrected chi connectivity index (χ3v) is 2.15. The summed E-state index contributed by atoms with van der Waals surface area (Å²) < 4.78 is 1.57. The van der Waals surface area contributed by atoms with Crippen molar-refractivity contribution < 1.29 is 10.1 Å². The van der Waals surface area contributed by atoms with Gasteiger partial charge in [0.05, 0.1) is 11.8 Å². The van der Waals surface area contributed by atoms with Gasteiger partial charge in [0.15, 0.2) is 0 Å². The Balaban J connectivity index is 3.22. The minimum atomic E-state index is -0.653. The fraction of sp³-hybridized carbons (Fsp3) is 0.500. The molecular weight excluding hydrogens is 200 g/mol. The number of nitrogens with zero attached hydrogens (tertiary/aromatic N) is 4. The molecular formula is C8H12N4O3. The Hall–Kier alpha value is -1.92. The maximum atomic E-state index is 10.6. The lowest BCUT2D eigenvalue weighted by atomic mass is 10.1. The predicted molar refractivity (Wildman–Crippen MR) is 53.2 cm³/mol. The second-order valence-corrected chi connectivity index (χ2v) is 3.68. The lowest BCUT2D eigenvalue weighted by molar-refractivity contribution is -0.390. The van der Waals surface area contributed by atoms with E-state index in [0.717, 1.165) is 0 Å². The van der Waals surface area contributed by atoms with Crippen LogP contribution in [0.4, 0.5) is 5.82 Å². The third kappa shape index (κ3) is 1.95. The molecule has 0 aliphatic carbocycles. The van der Waals surface area contributed by atoms with Crippen molar-refractivity contribution in [3.8, 4) is 0 Å². The number of oxime groups is 1. The zero-order chi connectivity index (χ0) is 11.6. The van der Waals surface area contributed by atoms with Crippen molar-refractivity contribution in [2.75, 3.05) is 0 Å². The molecule has 15 heavy (non-hydrogen) atoms. The molecule has 0 unspecified atom stereocenters. The largest absolute Gasteiger partial charge is 0.411 e. The van der Waals surface area contributed by atoms with Crippen molar-refractivity contribution in [2.45, 2.75) is 26.3 Å². The van der Waals surface area contributed by atoms with Gasteiger partial charge in [-0.05, 0) is 30.7 Å². The number of imidazole rings is 1. The number of nitro groups is 1. The molecule has 0 fully saturated rings. The summed E-state index contributed by atoms with van der Waals surface area (Å²) in [6.07, 6.45) is 2.64. The second-order valence-electron chi connectivity index (χ2n) is 3.68. The Bertz CT molecular complexity index is 408. The summed E-state index contributed by atoms with van der Waals surface area (Å²) in [4.78, 5) is 13.7. The van der Waals surface area contributed by atoms with Crippen molar-refractivity contribution >= 4 is 12.0 Å². The molecule has 0 spiro atoms. The Labute approximate surface area is 86.2 Å². The second kappa shape index (κ2) is 3.68. The molecule has 0 radical (unpaired) electrons. The van der Waals surface area contributed by atoms with Crippen LogP contribution in [0.25, 0.3) is 0 Å². The van der Waals surface area contributed by atoms with Crippen molar-refractivity contribution in [2.24, 2.45) is 5.16 Å². The number of hydrogen-bond acceptors (Lipinski definition) is 5. The topological polar surface area (TPSA) is 93.5 Å². The summed E-state index contributed by atoms with van der Waals surface area (Å²) in [6, 6.07) is 0. The quantitative estimate of drug-likeness (QED) is 0.353. The summed E-state index contributed by atoms with van der Waals surface area (Å²) in [5.74, 6) is -0.186. The summed E-state index contributed by atoms with van der Waals surface area (Å²) in [7, 11) is 0. The SMILES string of the molecule is Cc1c([N+](=O)[O-])ncn1C(C)(C)/C=N/O. The first-order chi connectivity index (χ1) is 6.90. The molecule has 1 aromatic rings. The summed E-state index contributed by atoms with van der Waals surface area (Å²) >= 11 is 0. The number of rotatable bonds is 3. The first kappa shape index (κ1) is 11.2. The van der Waals surface area contributed by atoms with Crippen LogP contribution < -0.4 is 0 Å². The molecule has 0 saturated carbocycles. The van der Waals surface area contributed by atoms with E-state index in [2.05, 4.69) is 10.1 Å². The van der Waals surface area contributed by atoms with Gasteiger partial charge in [-0.3, -0.25) is 4.57 Å². The molecule has 0 saturated heterocycles. The molecule has 0 aliphatic rings. The van der Waals surface area contributed by atoms with E-state index >= 15 is 0 Å². The van der Waals surface area contributed by atoms with Gasteiger partial charge in [-0.15, -0.1) is 0 Å². The first-order valence-electron chi connectivity index (χ1n) is 4.27. The highest BCUT2D eigenvalue weighted by Gasteiger charge is 2.26. The summed E-state index contributed by atoms with van der Waals surface area (Å²) in [5.41, 5.74) is -0.231. The monoisotopic (exact) mass is 212 g/mol. The van der Waals surface area contributed by atoms with Gasteiger partial charge in [0.1, 0.15) is 5.69 Å². The van der Waals surface area contributed by atoms with Gasteiger partial charge in [-0.1, -0.05) is 5.16 Å². The molecule has 0 aliphatic heterocycles. The van der Waals surface area contributed by atoms with E-state index in [4.69, 9.17) is 5.21 Å². The van der Waals surface area contributed by atoms with E-state index in [1.807, 2.05) is 0 Å². The number of aromatic nitrogens is 2. The van der Waals surface area contributed by atoms with Crippen LogP contribution in [-0.2, 0) is 5.54 Å². The van der Waals surface area contributed by atoms with Crippen molar-refractivity contribution in [3.05, 3.63) is 22.1 Å². The molecule has 82 valence electrons. The molecule has 1 N–H and O–H groups in total. The lowest BCUT2D eigenvalue weighted by Gasteiger charge is -2.20. The van der Waals surface area contributed by atoms with Crippen LogP contribution in [0.1, 0.15) is 19.5 Å². The van der Waals surface area contributed by atoms with E-state index in [1.54, 1.807) is 25.3 Å². The Morgan fingerprint density at radius 1 is 1.73 bits per heavy atom. The van der Waals surface area contributed by atoms with Crippen LogP contribution in [0.3, 0.4) is 0 Å². The highest BCUT2D eigenvalue weighted by atomic mass is 16.6. The molecule has 0 atom stereocenters. The average Bonchev–Trinajstić information content (AvgIpc) is 2.47. The minimum absolute atomic E-state index is 0.186. The Kier molecular flexibility index (Phi) is 2.74.